The highest BCUT2D eigenvalue weighted by atomic mass is 16.5. The second-order valence-electron chi connectivity index (χ2n) is 3.77. The quantitative estimate of drug-likeness (QED) is 0.623. The molecule has 0 aromatic heterocycles. The number of carbonyl (C=O) groups excluding carboxylic acids is 2. The van der Waals surface area contributed by atoms with Crippen LogP contribution < -0.4 is 5.43 Å². The standard InChI is InChI=1S/C12H16N2O3/c1-9(15)17-11(12(16)13-14(2)3)10-7-5-4-6-8-10/h4-8,11H,1-3H3,(H,13,16). The summed E-state index contributed by atoms with van der Waals surface area (Å²) in [6.07, 6.45) is -0.920. The summed E-state index contributed by atoms with van der Waals surface area (Å²) in [5.74, 6) is -0.871. The summed E-state index contributed by atoms with van der Waals surface area (Å²) in [5.41, 5.74) is 3.20. The number of hydrogen-bond acceptors (Lipinski definition) is 4. The molecule has 0 saturated heterocycles. The Morgan fingerprint density at radius 3 is 2.29 bits per heavy atom. The fourth-order valence-electron chi connectivity index (χ4n) is 1.35. The van der Waals surface area contributed by atoms with Crippen LogP contribution in [0.25, 0.3) is 0 Å². The highest BCUT2D eigenvalue weighted by molar-refractivity contribution is 5.84. The van der Waals surface area contributed by atoms with Crippen molar-refractivity contribution >= 4 is 11.9 Å². The lowest BCUT2D eigenvalue weighted by molar-refractivity contribution is -0.156. The van der Waals surface area contributed by atoms with E-state index < -0.39 is 12.1 Å². The van der Waals surface area contributed by atoms with E-state index in [1.54, 1.807) is 38.4 Å². The maximum atomic E-state index is 11.9. The molecule has 17 heavy (non-hydrogen) atoms. The van der Waals surface area contributed by atoms with E-state index in [9.17, 15) is 9.59 Å². The molecule has 0 saturated carbocycles. The number of nitrogens with zero attached hydrogens (tertiary/aromatic N) is 1. The van der Waals surface area contributed by atoms with Crippen LogP contribution in [0.5, 0.6) is 0 Å². The Morgan fingerprint density at radius 2 is 1.82 bits per heavy atom. The van der Waals surface area contributed by atoms with Gasteiger partial charge in [-0.05, 0) is 0 Å². The van der Waals surface area contributed by atoms with Crippen LogP contribution in [0.1, 0.15) is 18.6 Å². The second-order valence-corrected chi connectivity index (χ2v) is 3.77. The Morgan fingerprint density at radius 1 is 1.24 bits per heavy atom. The predicted octanol–water partition coefficient (Wildman–Crippen LogP) is 0.884. The molecule has 1 aromatic carbocycles. The number of nitrogens with one attached hydrogen (secondary N) is 1. The fraction of sp³-hybridized carbons (Fsp3) is 0.333. The van der Waals surface area contributed by atoms with Crippen LogP contribution in [-0.2, 0) is 14.3 Å². The highest BCUT2D eigenvalue weighted by Gasteiger charge is 2.23. The molecule has 1 rings (SSSR count). The molecule has 1 aromatic rings. The van der Waals surface area contributed by atoms with Crippen LogP contribution >= 0.6 is 0 Å². The van der Waals surface area contributed by atoms with Crippen molar-refractivity contribution in [3.05, 3.63) is 35.9 Å². The number of esters is 1. The van der Waals surface area contributed by atoms with Crippen molar-refractivity contribution in [3.63, 3.8) is 0 Å². The van der Waals surface area contributed by atoms with Crippen molar-refractivity contribution < 1.29 is 14.3 Å². The summed E-state index contributed by atoms with van der Waals surface area (Å²) in [5, 5.41) is 1.50. The van der Waals surface area contributed by atoms with Crippen molar-refractivity contribution in [2.45, 2.75) is 13.0 Å². The number of hydrogen-bond donors (Lipinski definition) is 1. The molecule has 0 heterocycles. The van der Waals surface area contributed by atoms with Crippen molar-refractivity contribution in [2.24, 2.45) is 0 Å². The number of hydrazine groups is 1. The van der Waals surface area contributed by atoms with Crippen LogP contribution in [0.3, 0.4) is 0 Å². The first kappa shape index (κ1) is 13.2. The zero-order valence-electron chi connectivity index (χ0n) is 10.1. The van der Waals surface area contributed by atoms with E-state index in [1.165, 1.54) is 11.9 Å². The van der Waals surface area contributed by atoms with Gasteiger partial charge < -0.3 is 4.74 Å². The topological polar surface area (TPSA) is 58.6 Å². The van der Waals surface area contributed by atoms with Gasteiger partial charge in [-0.1, -0.05) is 30.3 Å². The van der Waals surface area contributed by atoms with Gasteiger partial charge in [-0.3, -0.25) is 15.0 Å². The molecule has 0 radical (unpaired) electrons. The molecule has 0 aliphatic rings. The Balaban J connectivity index is 2.88. The predicted molar refractivity (Wildman–Crippen MR) is 62.8 cm³/mol. The minimum Gasteiger partial charge on any atom is -0.447 e. The molecule has 0 aliphatic carbocycles. The SMILES string of the molecule is CC(=O)OC(C(=O)NN(C)C)c1ccccc1. The maximum absolute atomic E-state index is 11.9. The summed E-state index contributed by atoms with van der Waals surface area (Å²) in [4.78, 5) is 22.9. The molecular formula is C12H16N2O3. The Labute approximate surface area is 100 Å². The molecule has 5 heteroatoms. The normalized spacial score (nSPS) is 12.0. The van der Waals surface area contributed by atoms with Crippen molar-refractivity contribution in [3.8, 4) is 0 Å². The molecule has 0 fully saturated rings. The first-order chi connectivity index (χ1) is 8.00. The molecular weight excluding hydrogens is 220 g/mol. The molecule has 5 nitrogen and oxygen atoms in total. The van der Waals surface area contributed by atoms with Crippen LogP contribution in [0.2, 0.25) is 0 Å². The molecule has 1 atom stereocenters. The van der Waals surface area contributed by atoms with Crippen molar-refractivity contribution in [1.82, 2.24) is 10.4 Å². The molecule has 92 valence electrons. The zero-order chi connectivity index (χ0) is 12.8. The Bertz CT molecular complexity index is 390. The lowest BCUT2D eigenvalue weighted by Crippen LogP contribution is -2.40. The molecule has 0 bridgehead atoms. The van der Waals surface area contributed by atoms with Gasteiger partial charge in [-0.2, -0.15) is 0 Å². The largest absolute Gasteiger partial charge is 0.447 e. The summed E-state index contributed by atoms with van der Waals surface area (Å²) >= 11 is 0. The van der Waals surface area contributed by atoms with Gasteiger partial charge in [0.15, 0.2) is 0 Å². The summed E-state index contributed by atoms with van der Waals surface area (Å²) < 4.78 is 5.02. The zero-order valence-corrected chi connectivity index (χ0v) is 10.1. The third kappa shape index (κ3) is 4.24. The van der Waals surface area contributed by atoms with E-state index in [2.05, 4.69) is 5.43 Å². The van der Waals surface area contributed by atoms with Crippen LogP contribution in [-0.4, -0.2) is 31.0 Å². The summed E-state index contributed by atoms with van der Waals surface area (Å²) in [6.45, 7) is 1.28. The molecule has 0 spiro atoms. The first-order valence-corrected chi connectivity index (χ1v) is 5.20. The van der Waals surface area contributed by atoms with Gasteiger partial charge in [0.05, 0.1) is 0 Å². The van der Waals surface area contributed by atoms with Crippen LogP contribution in [0.4, 0.5) is 0 Å². The monoisotopic (exact) mass is 236 g/mol. The first-order valence-electron chi connectivity index (χ1n) is 5.20. The molecule has 1 unspecified atom stereocenters. The average Bonchev–Trinajstić information content (AvgIpc) is 2.25. The molecule has 0 aliphatic heterocycles. The van der Waals surface area contributed by atoms with E-state index in [1.807, 2.05) is 6.07 Å². The smallest absolute Gasteiger partial charge is 0.303 e. The lowest BCUT2D eigenvalue weighted by Gasteiger charge is -2.19. The van der Waals surface area contributed by atoms with E-state index in [4.69, 9.17) is 4.74 Å². The second kappa shape index (κ2) is 6.00. The highest BCUT2D eigenvalue weighted by Crippen LogP contribution is 2.17. The third-order valence-corrected chi connectivity index (χ3v) is 1.96. The number of carbonyl (C=O) groups is 2. The molecule has 1 N–H and O–H groups in total. The van der Waals surface area contributed by atoms with E-state index in [0.717, 1.165) is 0 Å². The number of ether oxygens (including phenoxy) is 1. The van der Waals surface area contributed by atoms with Gasteiger partial charge in [0.2, 0.25) is 6.10 Å². The van der Waals surface area contributed by atoms with Gasteiger partial charge in [0.25, 0.3) is 5.91 Å². The van der Waals surface area contributed by atoms with Gasteiger partial charge >= 0.3 is 5.97 Å². The van der Waals surface area contributed by atoms with E-state index >= 15 is 0 Å². The fourth-order valence-corrected chi connectivity index (χ4v) is 1.35. The number of benzene rings is 1. The Kier molecular flexibility index (Phi) is 4.66. The number of amides is 1. The Hall–Kier alpha value is -1.88. The van der Waals surface area contributed by atoms with Gasteiger partial charge in [-0.15, -0.1) is 0 Å². The summed E-state index contributed by atoms with van der Waals surface area (Å²) in [6, 6.07) is 8.88. The van der Waals surface area contributed by atoms with Crippen LogP contribution in [0, 0.1) is 0 Å². The van der Waals surface area contributed by atoms with Gasteiger partial charge in [0.1, 0.15) is 0 Å². The number of rotatable bonds is 4. The molecule has 1 amide bonds. The van der Waals surface area contributed by atoms with Crippen molar-refractivity contribution in [1.29, 1.82) is 0 Å². The van der Waals surface area contributed by atoms with Gasteiger partial charge in [-0.25, -0.2) is 5.01 Å². The lowest BCUT2D eigenvalue weighted by atomic mass is 10.1. The van der Waals surface area contributed by atoms with Crippen molar-refractivity contribution in [2.75, 3.05) is 14.1 Å². The van der Waals surface area contributed by atoms with E-state index in [0.29, 0.717) is 5.56 Å². The average molecular weight is 236 g/mol. The van der Waals surface area contributed by atoms with Crippen LogP contribution in [0.15, 0.2) is 30.3 Å². The third-order valence-electron chi connectivity index (χ3n) is 1.96. The van der Waals surface area contributed by atoms with Gasteiger partial charge in [0, 0.05) is 26.6 Å². The van der Waals surface area contributed by atoms with E-state index in [-0.39, 0.29) is 5.91 Å². The minimum absolute atomic E-state index is 0.378. The summed E-state index contributed by atoms with van der Waals surface area (Å²) in [7, 11) is 3.38. The maximum Gasteiger partial charge on any atom is 0.303 e. The minimum atomic E-state index is -0.920.